The van der Waals surface area contributed by atoms with Crippen LogP contribution in [-0.4, -0.2) is 25.6 Å². The molecular formula is C14H22N2O2. The van der Waals surface area contributed by atoms with Gasteiger partial charge in [-0.3, -0.25) is 4.79 Å². The molecule has 0 spiro atoms. The van der Waals surface area contributed by atoms with Gasteiger partial charge in [0.05, 0.1) is 13.2 Å². The van der Waals surface area contributed by atoms with Crippen LogP contribution in [0.5, 0.6) is 5.75 Å². The van der Waals surface area contributed by atoms with Gasteiger partial charge in [-0.1, -0.05) is 13.3 Å². The molecular weight excluding hydrogens is 228 g/mol. The molecule has 0 aliphatic heterocycles. The van der Waals surface area contributed by atoms with Gasteiger partial charge in [0.2, 0.25) is 5.91 Å². The standard InChI is InChI=1S/C14H22N2O2/c1-3-5-10-15-11-14(17)16-12-6-8-13(9-7-12)18-4-2/h6-9,15H,3-5,10-11H2,1-2H3,(H,16,17). The van der Waals surface area contributed by atoms with Crippen molar-refractivity contribution in [3.8, 4) is 5.75 Å². The summed E-state index contributed by atoms with van der Waals surface area (Å²) in [5.41, 5.74) is 0.792. The van der Waals surface area contributed by atoms with Gasteiger partial charge in [0.1, 0.15) is 5.75 Å². The van der Waals surface area contributed by atoms with Crippen molar-refractivity contribution in [2.24, 2.45) is 0 Å². The van der Waals surface area contributed by atoms with Gasteiger partial charge in [-0.2, -0.15) is 0 Å². The minimum Gasteiger partial charge on any atom is -0.494 e. The van der Waals surface area contributed by atoms with E-state index in [0.29, 0.717) is 13.2 Å². The topological polar surface area (TPSA) is 50.4 Å². The van der Waals surface area contributed by atoms with Crippen LogP contribution in [0.4, 0.5) is 5.69 Å². The maximum absolute atomic E-state index is 11.6. The van der Waals surface area contributed by atoms with Gasteiger partial charge in [-0.25, -0.2) is 0 Å². The van der Waals surface area contributed by atoms with Crippen molar-refractivity contribution in [1.29, 1.82) is 0 Å². The van der Waals surface area contributed by atoms with E-state index >= 15 is 0 Å². The summed E-state index contributed by atoms with van der Waals surface area (Å²) in [5, 5.41) is 5.93. The van der Waals surface area contributed by atoms with Gasteiger partial charge in [0, 0.05) is 5.69 Å². The normalized spacial score (nSPS) is 10.1. The summed E-state index contributed by atoms with van der Waals surface area (Å²) in [5.74, 6) is 0.798. The maximum atomic E-state index is 11.6. The zero-order valence-electron chi connectivity index (χ0n) is 11.2. The smallest absolute Gasteiger partial charge is 0.238 e. The van der Waals surface area contributed by atoms with Gasteiger partial charge in [0.25, 0.3) is 0 Å². The third kappa shape index (κ3) is 5.68. The molecule has 0 saturated carbocycles. The Morgan fingerprint density at radius 1 is 1.22 bits per heavy atom. The largest absolute Gasteiger partial charge is 0.494 e. The van der Waals surface area contributed by atoms with Gasteiger partial charge >= 0.3 is 0 Å². The van der Waals surface area contributed by atoms with Crippen LogP contribution < -0.4 is 15.4 Å². The van der Waals surface area contributed by atoms with Gasteiger partial charge in [-0.15, -0.1) is 0 Å². The average Bonchev–Trinajstić information content (AvgIpc) is 2.37. The summed E-state index contributed by atoms with van der Waals surface area (Å²) in [6.45, 7) is 5.95. The van der Waals surface area contributed by atoms with Crippen molar-refractivity contribution in [2.75, 3.05) is 25.0 Å². The Hall–Kier alpha value is -1.55. The Balaban J connectivity index is 2.30. The number of hydrogen-bond acceptors (Lipinski definition) is 3. The lowest BCUT2D eigenvalue weighted by molar-refractivity contribution is -0.115. The van der Waals surface area contributed by atoms with E-state index in [9.17, 15) is 4.79 Å². The van der Waals surface area contributed by atoms with E-state index in [1.807, 2.05) is 31.2 Å². The van der Waals surface area contributed by atoms with Crippen LogP contribution in [0.25, 0.3) is 0 Å². The number of amides is 1. The van der Waals surface area contributed by atoms with Crippen LogP contribution in [-0.2, 0) is 4.79 Å². The van der Waals surface area contributed by atoms with E-state index in [1.165, 1.54) is 0 Å². The summed E-state index contributed by atoms with van der Waals surface area (Å²) < 4.78 is 5.33. The van der Waals surface area contributed by atoms with Crippen LogP contribution in [0, 0.1) is 0 Å². The number of unbranched alkanes of at least 4 members (excludes halogenated alkanes) is 1. The Kier molecular flexibility index (Phi) is 6.87. The van der Waals surface area contributed by atoms with Crippen LogP contribution in [0.15, 0.2) is 24.3 Å². The average molecular weight is 250 g/mol. The molecule has 0 bridgehead atoms. The molecule has 0 atom stereocenters. The molecule has 1 amide bonds. The molecule has 0 fully saturated rings. The fourth-order valence-corrected chi connectivity index (χ4v) is 1.51. The molecule has 1 rings (SSSR count). The van der Waals surface area contributed by atoms with Crippen molar-refractivity contribution < 1.29 is 9.53 Å². The van der Waals surface area contributed by atoms with E-state index in [1.54, 1.807) is 0 Å². The molecule has 2 N–H and O–H groups in total. The maximum Gasteiger partial charge on any atom is 0.238 e. The molecule has 4 nitrogen and oxygen atoms in total. The van der Waals surface area contributed by atoms with Crippen LogP contribution >= 0.6 is 0 Å². The van der Waals surface area contributed by atoms with Crippen molar-refractivity contribution in [1.82, 2.24) is 5.32 Å². The minimum absolute atomic E-state index is 0.0183. The SMILES string of the molecule is CCCCNCC(=O)Nc1ccc(OCC)cc1. The van der Waals surface area contributed by atoms with Crippen molar-refractivity contribution in [3.05, 3.63) is 24.3 Å². The first-order valence-corrected chi connectivity index (χ1v) is 6.49. The number of rotatable bonds is 8. The number of ether oxygens (including phenoxy) is 1. The first kappa shape index (κ1) is 14.5. The van der Waals surface area contributed by atoms with E-state index in [-0.39, 0.29) is 5.91 Å². The van der Waals surface area contributed by atoms with E-state index in [2.05, 4.69) is 17.6 Å². The zero-order valence-corrected chi connectivity index (χ0v) is 11.2. The van der Waals surface area contributed by atoms with Gasteiger partial charge in [-0.05, 0) is 44.2 Å². The molecule has 100 valence electrons. The molecule has 1 aromatic rings. The quantitative estimate of drug-likeness (QED) is 0.697. The highest BCUT2D eigenvalue weighted by molar-refractivity contribution is 5.92. The van der Waals surface area contributed by atoms with Gasteiger partial charge in [0.15, 0.2) is 0 Å². The summed E-state index contributed by atoms with van der Waals surface area (Å²) in [6.07, 6.45) is 2.23. The fourth-order valence-electron chi connectivity index (χ4n) is 1.51. The third-order valence-corrected chi connectivity index (χ3v) is 2.44. The Morgan fingerprint density at radius 2 is 1.94 bits per heavy atom. The second-order valence-corrected chi connectivity index (χ2v) is 4.04. The van der Waals surface area contributed by atoms with Crippen molar-refractivity contribution >= 4 is 11.6 Å². The first-order chi connectivity index (χ1) is 8.76. The molecule has 0 aliphatic rings. The number of anilines is 1. The Bertz CT molecular complexity index is 349. The molecule has 0 radical (unpaired) electrons. The summed E-state index contributed by atoms with van der Waals surface area (Å²) >= 11 is 0. The lowest BCUT2D eigenvalue weighted by atomic mass is 10.3. The lowest BCUT2D eigenvalue weighted by Gasteiger charge is -2.07. The van der Waals surface area contributed by atoms with Crippen LogP contribution in [0.1, 0.15) is 26.7 Å². The highest BCUT2D eigenvalue weighted by atomic mass is 16.5. The molecule has 0 aliphatic carbocycles. The summed E-state index contributed by atoms with van der Waals surface area (Å²) in [7, 11) is 0. The predicted molar refractivity (Wildman–Crippen MR) is 74.0 cm³/mol. The molecule has 4 heteroatoms. The lowest BCUT2D eigenvalue weighted by Crippen LogP contribution is -2.28. The van der Waals surface area contributed by atoms with E-state index in [0.717, 1.165) is 30.8 Å². The minimum atomic E-state index is -0.0183. The van der Waals surface area contributed by atoms with E-state index in [4.69, 9.17) is 4.74 Å². The summed E-state index contributed by atoms with van der Waals surface area (Å²) in [6, 6.07) is 7.39. The molecule has 18 heavy (non-hydrogen) atoms. The third-order valence-electron chi connectivity index (χ3n) is 2.44. The van der Waals surface area contributed by atoms with Crippen LogP contribution in [0.3, 0.4) is 0 Å². The molecule has 0 unspecified atom stereocenters. The number of nitrogens with one attached hydrogen (secondary N) is 2. The van der Waals surface area contributed by atoms with Crippen molar-refractivity contribution in [2.45, 2.75) is 26.7 Å². The Morgan fingerprint density at radius 3 is 2.56 bits per heavy atom. The number of hydrogen-bond donors (Lipinski definition) is 2. The predicted octanol–water partition coefficient (Wildman–Crippen LogP) is 2.41. The van der Waals surface area contributed by atoms with Crippen molar-refractivity contribution in [3.63, 3.8) is 0 Å². The number of benzene rings is 1. The monoisotopic (exact) mass is 250 g/mol. The van der Waals surface area contributed by atoms with Gasteiger partial charge < -0.3 is 15.4 Å². The van der Waals surface area contributed by atoms with Crippen LogP contribution in [0.2, 0.25) is 0 Å². The molecule has 0 heterocycles. The summed E-state index contributed by atoms with van der Waals surface area (Å²) in [4.78, 5) is 11.6. The zero-order chi connectivity index (χ0) is 13.2. The Labute approximate surface area is 109 Å². The second kappa shape index (κ2) is 8.53. The van der Waals surface area contributed by atoms with E-state index < -0.39 is 0 Å². The fraction of sp³-hybridized carbons (Fsp3) is 0.500. The highest BCUT2D eigenvalue weighted by Gasteiger charge is 2.01. The molecule has 0 saturated heterocycles. The highest BCUT2D eigenvalue weighted by Crippen LogP contribution is 2.15. The second-order valence-electron chi connectivity index (χ2n) is 4.04. The molecule has 0 aromatic heterocycles. The number of carbonyl (C=O) groups excluding carboxylic acids is 1. The molecule has 1 aromatic carbocycles. The first-order valence-electron chi connectivity index (χ1n) is 6.49. The number of carbonyl (C=O) groups is 1.